The molecule has 0 saturated heterocycles. The van der Waals surface area contributed by atoms with Gasteiger partial charge in [0.2, 0.25) is 0 Å². The van der Waals surface area contributed by atoms with Crippen LogP contribution in [0.1, 0.15) is 47.5 Å². The predicted molar refractivity (Wildman–Crippen MR) is 72.0 cm³/mol. The summed E-state index contributed by atoms with van der Waals surface area (Å²) in [6.07, 6.45) is 3.45. The van der Waals surface area contributed by atoms with Crippen LogP contribution in [0.4, 0.5) is 0 Å². The summed E-state index contributed by atoms with van der Waals surface area (Å²) in [5, 5.41) is 0. The molecule has 0 bridgehead atoms. The maximum absolute atomic E-state index is 11.5. The fraction of sp³-hybridized carbons (Fsp3) is 0.769. The monoisotopic (exact) mass is 242 g/mol. The molecule has 94 valence electrons. The van der Waals surface area contributed by atoms with Crippen molar-refractivity contribution in [1.29, 1.82) is 0 Å². The van der Waals surface area contributed by atoms with Crippen LogP contribution in [0.15, 0.2) is 12.7 Å². The van der Waals surface area contributed by atoms with Crippen molar-refractivity contribution in [3.05, 3.63) is 12.7 Å². The molecule has 0 rings (SSSR count). The zero-order chi connectivity index (χ0) is 12.8. The lowest BCUT2D eigenvalue weighted by molar-refractivity contribution is -0.130. The smallest absolute Gasteiger partial charge is 0.316 e. The molecule has 0 aliphatic rings. The van der Waals surface area contributed by atoms with Gasteiger partial charge in [-0.2, -0.15) is 0 Å². The van der Waals surface area contributed by atoms with Gasteiger partial charge in [-0.3, -0.25) is 0 Å². The van der Waals surface area contributed by atoms with E-state index in [-0.39, 0.29) is 5.97 Å². The fourth-order valence-electron chi connectivity index (χ4n) is 2.38. The number of carbonyl (C=O) groups excluding carboxylic acids is 1. The molecule has 0 heterocycles. The van der Waals surface area contributed by atoms with Crippen molar-refractivity contribution >= 4 is 14.3 Å². The van der Waals surface area contributed by atoms with E-state index in [0.717, 1.165) is 18.9 Å². The van der Waals surface area contributed by atoms with Crippen molar-refractivity contribution in [3.63, 3.8) is 0 Å². The second-order valence-electron chi connectivity index (χ2n) is 4.55. The van der Waals surface area contributed by atoms with Gasteiger partial charge in [0.15, 0.2) is 0 Å². The average Bonchev–Trinajstić information content (AvgIpc) is 2.33. The summed E-state index contributed by atoms with van der Waals surface area (Å²) in [6, 6.07) is 0.997. The zero-order valence-electron chi connectivity index (χ0n) is 11.4. The number of rotatable bonds is 7. The highest BCUT2D eigenvalue weighted by molar-refractivity contribution is 6.77. The highest BCUT2D eigenvalue weighted by atomic mass is 28.4. The third-order valence-corrected chi connectivity index (χ3v) is 9.74. The molecular formula is C13H26O2Si. The van der Waals surface area contributed by atoms with Gasteiger partial charge in [0.1, 0.15) is 0 Å². The molecular weight excluding hydrogens is 216 g/mol. The Morgan fingerprint density at radius 1 is 1.25 bits per heavy atom. The summed E-state index contributed by atoms with van der Waals surface area (Å²) in [5.74, 6) is -0.242. The maximum Gasteiger partial charge on any atom is 0.316 e. The Labute approximate surface area is 101 Å². The van der Waals surface area contributed by atoms with Crippen LogP contribution in [-0.4, -0.2) is 14.3 Å². The standard InChI is InChI=1S/C13H26O2Si/c1-7-11(5)16(10-4,12(6)8-2)15-13(14)9-3/h9,11-12H,3,7-8,10H2,1-2,4-6H3. The largest absolute Gasteiger partial charge is 0.515 e. The first-order chi connectivity index (χ1) is 7.48. The first kappa shape index (κ1) is 15.4. The molecule has 0 amide bonds. The van der Waals surface area contributed by atoms with E-state index in [1.807, 2.05) is 0 Å². The third-order valence-electron chi connectivity index (χ3n) is 3.90. The van der Waals surface area contributed by atoms with Crippen molar-refractivity contribution < 1.29 is 9.22 Å². The van der Waals surface area contributed by atoms with Crippen LogP contribution in [0.3, 0.4) is 0 Å². The van der Waals surface area contributed by atoms with E-state index in [0.29, 0.717) is 11.1 Å². The Morgan fingerprint density at radius 3 is 1.94 bits per heavy atom. The second-order valence-corrected chi connectivity index (χ2v) is 9.34. The summed E-state index contributed by atoms with van der Waals surface area (Å²) in [5.41, 5.74) is 1.02. The van der Waals surface area contributed by atoms with Gasteiger partial charge in [0.05, 0.1) is 0 Å². The minimum Gasteiger partial charge on any atom is -0.515 e. The van der Waals surface area contributed by atoms with Crippen molar-refractivity contribution in [1.82, 2.24) is 0 Å². The van der Waals surface area contributed by atoms with Crippen LogP contribution in [0, 0.1) is 0 Å². The Bertz CT molecular complexity index is 228. The molecule has 0 aliphatic carbocycles. The first-order valence-corrected chi connectivity index (χ1v) is 8.60. The molecule has 0 aliphatic heterocycles. The number of carbonyl (C=O) groups is 1. The topological polar surface area (TPSA) is 26.3 Å². The maximum atomic E-state index is 11.5. The van der Waals surface area contributed by atoms with E-state index in [4.69, 9.17) is 4.43 Å². The first-order valence-electron chi connectivity index (χ1n) is 6.33. The third kappa shape index (κ3) is 3.21. The molecule has 0 spiro atoms. The van der Waals surface area contributed by atoms with Crippen LogP contribution in [0.5, 0.6) is 0 Å². The summed E-state index contributed by atoms with van der Waals surface area (Å²) in [4.78, 5) is 11.5. The van der Waals surface area contributed by atoms with E-state index in [1.165, 1.54) is 6.08 Å². The average molecular weight is 242 g/mol. The van der Waals surface area contributed by atoms with Gasteiger partial charge in [-0.25, -0.2) is 4.79 Å². The van der Waals surface area contributed by atoms with Crippen LogP contribution >= 0.6 is 0 Å². The van der Waals surface area contributed by atoms with Gasteiger partial charge in [-0.1, -0.05) is 54.0 Å². The molecule has 16 heavy (non-hydrogen) atoms. The van der Waals surface area contributed by atoms with Gasteiger partial charge >= 0.3 is 5.97 Å². The highest BCUT2D eigenvalue weighted by Gasteiger charge is 2.45. The fourth-order valence-corrected chi connectivity index (χ4v) is 7.13. The molecule has 2 unspecified atom stereocenters. The van der Waals surface area contributed by atoms with Crippen LogP contribution in [0.25, 0.3) is 0 Å². The van der Waals surface area contributed by atoms with Crippen molar-refractivity contribution in [2.24, 2.45) is 0 Å². The second kappa shape index (κ2) is 6.89. The summed E-state index contributed by atoms with van der Waals surface area (Å²) in [6.45, 7) is 14.4. The summed E-state index contributed by atoms with van der Waals surface area (Å²) in [7, 11) is -1.98. The van der Waals surface area contributed by atoms with Crippen LogP contribution < -0.4 is 0 Å². The van der Waals surface area contributed by atoms with Crippen LogP contribution in [-0.2, 0) is 9.22 Å². The van der Waals surface area contributed by atoms with E-state index < -0.39 is 8.32 Å². The normalized spacial score (nSPS) is 18.3. The van der Waals surface area contributed by atoms with Gasteiger partial charge in [-0.15, -0.1) is 0 Å². The Balaban J connectivity index is 5.10. The van der Waals surface area contributed by atoms with Crippen molar-refractivity contribution in [2.45, 2.75) is 64.6 Å². The lowest BCUT2D eigenvalue weighted by Gasteiger charge is -2.39. The van der Waals surface area contributed by atoms with E-state index >= 15 is 0 Å². The summed E-state index contributed by atoms with van der Waals surface area (Å²) < 4.78 is 5.82. The minimum absolute atomic E-state index is 0.242. The van der Waals surface area contributed by atoms with Crippen LogP contribution in [0.2, 0.25) is 17.1 Å². The lowest BCUT2D eigenvalue weighted by Crippen LogP contribution is -2.47. The Kier molecular flexibility index (Phi) is 6.64. The SMILES string of the molecule is C=CC(=O)O[Si](CC)(C(C)CC)C(C)CC. The van der Waals surface area contributed by atoms with E-state index in [2.05, 4.69) is 41.2 Å². The molecule has 0 fully saturated rings. The van der Waals surface area contributed by atoms with Crippen molar-refractivity contribution in [3.8, 4) is 0 Å². The van der Waals surface area contributed by atoms with Gasteiger partial charge < -0.3 is 4.43 Å². The Morgan fingerprint density at radius 2 is 1.69 bits per heavy atom. The number of hydrogen-bond acceptors (Lipinski definition) is 2. The molecule has 2 atom stereocenters. The highest BCUT2D eigenvalue weighted by Crippen LogP contribution is 2.40. The molecule has 0 saturated carbocycles. The van der Waals surface area contributed by atoms with E-state index in [9.17, 15) is 4.79 Å². The Hall–Kier alpha value is -0.573. The predicted octanol–water partition coefficient (Wildman–Crippen LogP) is 4.28. The van der Waals surface area contributed by atoms with Gasteiger partial charge in [0.25, 0.3) is 8.32 Å². The number of hydrogen-bond donors (Lipinski definition) is 0. The zero-order valence-corrected chi connectivity index (χ0v) is 12.4. The molecule has 0 N–H and O–H groups in total. The lowest BCUT2D eigenvalue weighted by atomic mass is 10.3. The van der Waals surface area contributed by atoms with Crippen molar-refractivity contribution in [2.75, 3.05) is 0 Å². The molecule has 3 heteroatoms. The summed E-state index contributed by atoms with van der Waals surface area (Å²) >= 11 is 0. The van der Waals surface area contributed by atoms with Gasteiger partial charge in [0, 0.05) is 6.08 Å². The van der Waals surface area contributed by atoms with Gasteiger partial charge in [-0.05, 0) is 17.1 Å². The molecule has 0 aromatic heterocycles. The van der Waals surface area contributed by atoms with E-state index in [1.54, 1.807) is 0 Å². The molecule has 2 nitrogen and oxygen atoms in total. The minimum atomic E-state index is -1.98. The molecule has 0 aromatic rings. The quantitative estimate of drug-likeness (QED) is 0.492. The molecule has 0 radical (unpaired) electrons. The molecule has 0 aromatic carbocycles.